The summed E-state index contributed by atoms with van der Waals surface area (Å²) in [6, 6.07) is 54.6. The topological polar surface area (TPSA) is 418 Å². The van der Waals surface area contributed by atoms with Crippen molar-refractivity contribution in [1.82, 2.24) is 51.5 Å². The number of hydrogen-bond donors (Lipinski definition) is 9. The molecule has 0 fully saturated rings. The van der Waals surface area contributed by atoms with Crippen molar-refractivity contribution in [1.29, 1.82) is 0 Å². The molecule has 5 atom stereocenters. The lowest BCUT2D eigenvalue weighted by atomic mass is 9.92. The number of nitrogens with one attached hydrogen (secondary N) is 6. The molecular formula is C109H131N13O17S2. The van der Waals surface area contributed by atoms with E-state index >= 15 is 28.8 Å². The third kappa shape index (κ3) is 33.3. The van der Waals surface area contributed by atoms with Gasteiger partial charge in [0.25, 0.3) is 5.91 Å². The van der Waals surface area contributed by atoms with Gasteiger partial charge in [-0.15, -0.1) is 0 Å². The molecule has 0 spiro atoms. The third-order valence-electron chi connectivity index (χ3n) is 25.0. The van der Waals surface area contributed by atoms with Gasteiger partial charge < -0.3 is 92.1 Å². The second-order valence-electron chi connectivity index (χ2n) is 36.8. The molecule has 1 aliphatic carbocycles. The van der Waals surface area contributed by atoms with Gasteiger partial charge in [0.2, 0.25) is 65.9 Å². The first-order valence-electron chi connectivity index (χ1n) is 48.5. The van der Waals surface area contributed by atoms with E-state index in [1.807, 2.05) is 112 Å². The summed E-state index contributed by atoms with van der Waals surface area (Å²) in [7, 11) is 2.99. The molecule has 30 nitrogen and oxygen atoms in total. The molecule has 4 aliphatic heterocycles. The number of carbonyl (C=O) groups is 11. The van der Waals surface area contributed by atoms with Crippen molar-refractivity contribution in [2.75, 3.05) is 98.8 Å². The maximum atomic E-state index is 15.5. The average molecular weight is 1960 g/mol. The fraction of sp³-hybridized carbons (Fsp3) is 0.404. The Morgan fingerprint density at radius 1 is 0.539 bits per heavy atom. The number of benzene rings is 9. The Kier molecular flexibility index (Phi) is 40.5. The number of thioether (sulfide) groups is 1. The molecule has 2 bridgehead atoms. The van der Waals surface area contributed by atoms with Gasteiger partial charge in [-0.2, -0.15) is 11.8 Å². The van der Waals surface area contributed by atoms with Gasteiger partial charge in [-0.25, -0.2) is 0 Å². The van der Waals surface area contributed by atoms with E-state index in [-0.39, 0.29) is 121 Å². The summed E-state index contributed by atoms with van der Waals surface area (Å²) in [4.78, 5) is 181. The Labute approximate surface area is 833 Å². The fourth-order valence-corrected chi connectivity index (χ4v) is 19.0. The molecule has 4 heterocycles. The van der Waals surface area contributed by atoms with Crippen LogP contribution in [0.25, 0.3) is 44.2 Å². The van der Waals surface area contributed by atoms with Crippen LogP contribution in [-0.2, 0) is 85.8 Å². The lowest BCUT2D eigenvalue weighted by Gasteiger charge is -2.32. The summed E-state index contributed by atoms with van der Waals surface area (Å²) in [5.41, 5.74) is 27.1. The van der Waals surface area contributed by atoms with Crippen LogP contribution in [0.3, 0.4) is 0 Å². The maximum absolute atomic E-state index is 15.5. The number of carbonyl (C=O) groups excluding carboxylic acids is 11. The number of amides is 11. The Bertz CT molecular complexity index is 6000. The van der Waals surface area contributed by atoms with Crippen molar-refractivity contribution in [3.8, 4) is 45.4 Å². The lowest BCUT2D eigenvalue weighted by molar-refractivity contribution is -0.138. The number of aryl methyl sites for hydroxylation is 1. The zero-order valence-electron chi connectivity index (χ0n) is 81.1. The van der Waals surface area contributed by atoms with Gasteiger partial charge in [-0.1, -0.05) is 179 Å². The van der Waals surface area contributed by atoms with Crippen LogP contribution in [0.2, 0.25) is 0 Å². The molecule has 5 aliphatic rings. The summed E-state index contributed by atoms with van der Waals surface area (Å²) in [6.07, 6.45) is 5.55. The number of nitrogens with zero attached hydrogens (tertiary/aromatic N) is 4. The van der Waals surface area contributed by atoms with Crippen molar-refractivity contribution in [2.45, 2.75) is 179 Å². The molecule has 141 heavy (non-hydrogen) atoms. The van der Waals surface area contributed by atoms with Crippen LogP contribution in [0.1, 0.15) is 153 Å². The van der Waals surface area contributed by atoms with E-state index in [9.17, 15) is 28.8 Å². The summed E-state index contributed by atoms with van der Waals surface area (Å²) >= 11 is 7.30. The number of thiocarbonyl (C=S) groups is 1. The number of primary amides is 1. The van der Waals surface area contributed by atoms with E-state index < -0.39 is 121 Å². The van der Waals surface area contributed by atoms with Crippen LogP contribution in [0.4, 0.5) is 0 Å². The number of methoxy groups -OCH3 is 2. The molecular weight excluding hydrogens is 1830 g/mol. The van der Waals surface area contributed by atoms with Crippen molar-refractivity contribution < 1.29 is 76.1 Å². The monoisotopic (exact) mass is 1960 g/mol. The second-order valence-corrected chi connectivity index (χ2v) is 38.5. The SMILES string of the molecule is COc1cc(CC(=O)N2CC(=O)N[C@@H](Cc3ccccc3)CN(C(=O)Cc3ccc4ccccc4c3)CC(=O)N[C@@H](CCCCN)CN(C(=O)Cc3ccc4c(c3)OCO4)CC(=O)N[C@@H](CCCCN)CN(CC(=O)NCCC(=O)NC(CCCCCC(=S)Cc3ccc(-c4c5ccc(=O)cc-5oc5cc(C)ccc45)cc3)C(N)=O)C(=O)CCSCc3ccc(cc3)C(=O)N[C@@H](CC(C)C)C2)cc(OC)c1. The van der Waals surface area contributed by atoms with E-state index in [1.54, 1.807) is 72.8 Å². The lowest BCUT2D eigenvalue weighted by Crippen LogP contribution is -2.55. The highest BCUT2D eigenvalue weighted by Gasteiger charge is 2.33. The van der Waals surface area contributed by atoms with E-state index in [0.717, 1.165) is 66.4 Å². The van der Waals surface area contributed by atoms with E-state index in [1.165, 1.54) is 51.6 Å². The summed E-state index contributed by atoms with van der Waals surface area (Å²) in [5, 5.41) is 20.9. The smallest absolute Gasteiger partial charge is 0.251 e. The number of ether oxygens (including phenoxy) is 4. The van der Waals surface area contributed by atoms with Crippen molar-refractivity contribution in [2.24, 2.45) is 23.1 Å². The maximum Gasteiger partial charge on any atom is 0.251 e. The number of nitrogens with two attached hydrogens (primary N) is 3. The minimum atomic E-state index is -1.00. The molecule has 0 aromatic heterocycles. The van der Waals surface area contributed by atoms with Gasteiger partial charge in [-0.3, -0.25) is 57.5 Å². The minimum Gasteiger partial charge on any atom is -0.497 e. The Morgan fingerprint density at radius 2 is 1.13 bits per heavy atom. The zero-order chi connectivity index (χ0) is 100. The van der Waals surface area contributed by atoms with Crippen molar-refractivity contribution >= 4 is 116 Å². The molecule has 13 rings (SSSR count). The first-order valence-corrected chi connectivity index (χ1v) is 50.1. The molecule has 0 saturated carbocycles. The molecule has 0 radical (unpaired) electrons. The predicted octanol–water partition coefficient (Wildman–Crippen LogP) is 11.6. The average Bonchev–Trinajstić information content (AvgIpc) is 1.12. The van der Waals surface area contributed by atoms with Gasteiger partial charge in [0, 0.05) is 116 Å². The van der Waals surface area contributed by atoms with Gasteiger partial charge in [-0.05, 0) is 198 Å². The van der Waals surface area contributed by atoms with Crippen LogP contribution in [0.15, 0.2) is 203 Å². The quantitative estimate of drug-likeness (QED) is 0.00762. The number of unbranched alkanes of at least 4 members (excludes halogenated alkanes) is 4. The highest BCUT2D eigenvalue weighted by Crippen LogP contribution is 2.41. The largest absolute Gasteiger partial charge is 0.497 e. The molecule has 746 valence electrons. The van der Waals surface area contributed by atoms with Gasteiger partial charge in [0.1, 0.15) is 28.9 Å². The van der Waals surface area contributed by atoms with Gasteiger partial charge in [0.05, 0.1) is 65.7 Å². The molecule has 32 heteroatoms. The fourth-order valence-electron chi connectivity index (χ4n) is 17.8. The van der Waals surface area contributed by atoms with E-state index in [2.05, 4.69) is 56.2 Å². The van der Waals surface area contributed by atoms with Crippen LogP contribution < -0.4 is 73.5 Å². The van der Waals surface area contributed by atoms with Crippen LogP contribution in [0, 0.1) is 12.8 Å². The van der Waals surface area contributed by atoms with Crippen LogP contribution in [-0.4, -0.2) is 218 Å². The number of fused-ring (bicyclic) bond motifs is 33. The molecule has 1 unspecified atom stereocenters. The zero-order valence-corrected chi connectivity index (χ0v) is 82.7. The van der Waals surface area contributed by atoms with Gasteiger partial charge in [0.15, 0.2) is 16.9 Å². The Balaban J connectivity index is 0.779. The van der Waals surface area contributed by atoms with E-state index in [4.69, 9.17) is 52.8 Å². The van der Waals surface area contributed by atoms with Gasteiger partial charge >= 0.3 is 0 Å². The van der Waals surface area contributed by atoms with E-state index in [0.29, 0.717) is 127 Å². The minimum absolute atomic E-state index is 0.0160. The number of rotatable bonds is 36. The Morgan fingerprint density at radius 3 is 1.79 bits per heavy atom. The molecule has 11 amide bonds. The molecule has 0 saturated heterocycles. The summed E-state index contributed by atoms with van der Waals surface area (Å²) < 4.78 is 28.7. The van der Waals surface area contributed by atoms with Crippen LogP contribution >= 0.6 is 24.0 Å². The predicted molar refractivity (Wildman–Crippen MR) is 551 cm³/mol. The Hall–Kier alpha value is -13.6. The first-order chi connectivity index (χ1) is 68.1. The normalized spacial score (nSPS) is 16.6. The van der Waals surface area contributed by atoms with Crippen LogP contribution in [0.5, 0.6) is 23.0 Å². The first kappa shape index (κ1) is 106. The summed E-state index contributed by atoms with van der Waals surface area (Å²) in [6.45, 7) is 3.45. The highest BCUT2D eigenvalue weighted by molar-refractivity contribution is 7.98. The third-order valence-corrected chi connectivity index (χ3v) is 26.4. The molecule has 8 aromatic carbocycles. The standard InChI is InChI=1S/C109H131N13O17S2/c1-71(2)48-85-63-121(106(132)58-78-52-88(135-4)60-89(53-78)136-5)68-102(128)116-86(51-73-18-8-6-9-19-73)64-122(104(130)56-76-31-33-79-20-12-13-21-82(79)50-76)67-101(127)115-84(23-15-17-45-111)62-120(105(131)57-77-32-41-94-97(55-77)138-70-137-94)66-100(126)114-83(22-14-16-44-110)61-119(103(129)43-47-141-69-75-29-36-81(37-30-75)109(134)117-85)65-99(125)113-46-42-98(124)118-93(108(112)133)25-11-7-10-24-90(140)54-74-27-34-80(35-28-74)107-91-39-26-72(3)49-95(91)139-96-59-87(123)38-40-92(96)107/h6,8-9,12-13,18-21,26-41,49-50,52-53,55,59-60,71,83-86,93H,7,10-11,14-17,22-25,42-48,51,54,56-58,61-70,110-111H2,1-5H3,(H2,112,133)(H,113,125)(H,114,126)(H,115,127)(H,116,128)(H,117,134)(H,118,124)/t83-,84-,85-,86-,93?/m0/s1. The number of hydrogen-bond acceptors (Lipinski definition) is 21. The summed E-state index contributed by atoms with van der Waals surface area (Å²) in [5.74, 6) is -3.18. The second kappa shape index (κ2) is 53.7. The van der Waals surface area contributed by atoms with Crippen molar-refractivity contribution in [3.05, 3.63) is 249 Å². The van der Waals surface area contributed by atoms with Crippen molar-refractivity contribution in [3.63, 3.8) is 0 Å². The molecule has 8 aromatic rings. The molecule has 12 N–H and O–H groups in total. The highest BCUT2D eigenvalue weighted by atomic mass is 32.2.